The summed E-state index contributed by atoms with van der Waals surface area (Å²) in [6.07, 6.45) is 1.66. The number of benzene rings is 1. The second kappa shape index (κ2) is 6.31. The second-order valence-corrected chi connectivity index (χ2v) is 7.86. The fourth-order valence-electron chi connectivity index (χ4n) is 3.76. The van der Waals surface area contributed by atoms with Crippen LogP contribution in [-0.2, 0) is 0 Å². The van der Waals surface area contributed by atoms with E-state index in [-0.39, 0.29) is 5.78 Å². The quantitative estimate of drug-likeness (QED) is 0.416. The third kappa shape index (κ3) is 2.60. The highest BCUT2D eigenvalue weighted by atomic mass is 32.1. The third-order valence-corrected chi connectivity index (χ3v) is 6.03. The number of carbonyl (C=O) groups excluding carboxylic acids is 1. The number of pyridine rings is 1. The van der Waals surface area contributed by atoms with Gasteiger partial charge >= 0.3 is 0 Å². The molecule has 0 saturated heterocycles. The first-order valence-electron chi connectivity index (χ1n) is 9.08. The lowest BCUT2D eigenvalue weighted by Gasteiger charge is -2.12. The SMILES string of the molecule is COc1ccc(-c2c(C(C)=O)c(C)nc3sc4c(ncn5nc(C)nc45)c23)cc1. The minimum absolute atomic E-state index is 0.0264. The fraction of sp³-hybridized carbons (Fsp3) is 0.190. The van der Waals surface area contributed by atoms with E-state index in [1.165, 1.54) is 11.3 Å². The second-order valence-electron chi connectivity index (χ2n) is 6.86. The Kier molecular flexibility index (Phi) is 3.85. The fourth-order valence-corrected chi connectivity index (χ4v) is 4.92. The van der Waals surface area contributed by atoms with Gasteiger partial charge in [-0.05, 0) is 38.5 Å². The van der Waals surface area contributed by atoms with Gasteiger partial charge in [0, 0.05) is 16.5 Å². The van der Waals surface area contributed by atoms with Gasteiger partial charge in [0.2, 0.25) is 0 Å². The molecule has 0 atom stereocenters. The molecule has 0 radical (unpaired) electrons. The maximum Gasteiger partial charge on any atom is 0.176 e. The summed E-state index contributed by atoms with van der Waals surface area (Å²) in [4.78, 5) is 27.4. The van der Waals surface area contributed by atoms with Crippen molar-refractivity contribution in [1.29, 1.82) is 0 Å². The Labute approximate surface area is 170 Å². The zero-order valence-corrected chi connectivity index (χ0v) is 17.2. The summed E-state index contributed by atoms with van der Waals surface area (Å²) >= 11 is 1.52. The molecule has 0 saturated carbocycles. The van der Waals surface area contributed by atoms with Crippen LogP contribution in [0.15, 0.2) is 30.6 Å². The number of fused-ring (bicyclic) bond motifs is 5. The minimum atomic E-state index is -0.0264. The monoisotopic (exact) mass is 403 g/mol. The van der Waals surface area contributed by atoms with Crippen LogP contribution in [0.4, 0.5) is 0 Å². The average Bonchev–Trinajstić information content (AvgIpc) is 3.25. The van der Waals surface area contributed by atoms with Crippen molar-refractivity contribution in [1.82, 2.24) is 24.6 Å². The van der Waals surface area contributed by atoms with Crippen LogP contribution >= 0.6 is 11.3 Å². The molecule has 7 nitrogen and oxygen atoms in total. The summed E-state index contributed by atoms with van der Waals surface area (Å²) in [5, 5.41) is 5.23. The molecule has 1 aromatic carbocycles. The van der Waals surface area contributed by atoms with Crippen LogP contribution in [0.1, 0.15) is 28.8 Å². The van der Waals surface area contributed by atoms with Crippen molar-refractivity contribution in [3.63, 3.8) is 0 Å². The number of methoxy groups -OCH3 is 1. The summed E-state index contributed by atoms with van der Waals surface area (Å²) in [6.45, 7) is 5.30. The highest BCUT2D eigenvalue weighted by Crippen LogP contribution is 2.42. The van der Waals surface area contributed by atoms with Gasteiger partial charge in [-0.3, -0.25) is 4.79 Å². The average molecular weight is 403 g/mol. The van der Waals surface area contributed by atoms with E-state index in [4.69, 9.17) is 9.72 Å². The van der Waals surface area contributed by atoms with E-state index in [1.807, 2.05) is 38.1 Å². The lowest BCUT2D eigenvalue weighted by Crippen LogP contribution is -2.03. The number of rotatable bonds is 3. The molecular weight excluding hydrogens is 386 g/mol. The lowest BCUT2D eigenvalue weighted by atomic mass is 9.93. The predicted molar refractivity (Wildman–Crippen MR) is 113 cm³/mol. The largest absolute Gasteiger partial charge is 0.497 e. The van der Waals surface area contributed by atoms with E-state index < -0.39 is 0 Å². The van der Waals surface area contributed by atoms with Crippen LogP contribution in [0.5, 0.6) is 5.75 Å². The van der Waals surface area contributed by atoms with Gasteiger partial charge in [-0.25, -0.2) is 19.5 Å². The zero-order valence-electron chi connectivity index (χ0n) is 16.3. The number of aryl methyl sites for hydroxylation is 2. The molecule has 0 N–H and O–H groups in total. The summed E-state index contributed by atoms with van der Waals surface area (Å²) in [5.41, 5.74) is 4.62. The summed E-state index contributed by atoms with van der Waals surface area (Å²) < 4.78 is 7.88. The number of ketones is 1. The van der Waals surface area contributed by atoms with Crippen LogP contribution in [0.2, 0.25) is 0 Å². The number of carbonyl (C=O) groups is 1. The van der Waals surface area contributed by atoms with E-state index in [9.17, 15) is 4.79 Å². The summed E-state index contributed by atoms with van der Waals surface area (Å²) in [5.74, 6) is 1.41. The molecule has 4 heterocycles. The molecule has 5 rings (SSSR count). The van der Waals surface area contributed by atoms with Gasteiger partial charge in [-0.1, -0.05) is 12.1 Å². The van der Waals surface area contributed by atoms with Gasteiger partial charge in [-0.15, -0.1) is 11.3 Å². The number of Topliss-reactive ketones (excluding diaryl/α,β-unsaturated/α-hetero) is 1. The van der Waals surface area contributed by atoms with Crippen LogP contribution in [-0.4, -0.2) is 37.5 Å². The highest BCUT2D eigenvalue weighted by Gasteiger charge is 2.23. The number of ether oxygens (including phenoxy) is 1. The molecule has 0 unspecified atom stereocenters. The van der Waals surface area contributed by atoms with E-state index in [2.05, 4.69) is 15.1 Å². The van der Waals surface area contributed by atoms with Gasteiger partial charge in [-0.2, -0.15) is 5.10 Å². The van der Waals surface area contributed by atoms with Gasteiger partial charge in [0.05, 0.1) is 18.3 Å². The predicted octanol–water partition coefficient (Wildman–Crippen LogP) is 4.38. The Morgan fingerprint density at radius 1 is 1.14 bits per heavy atom. The molecule has 8 heteroatoms. The number of aromatic nitrogens is 5. The first-order chi connectivity index (χ1) is 14.0. The van der Waals surface area contributed by atoms with Gasteiger partial charge in [0.25, 0.3) is 0 Å². The Morgan fingerprint density at radius 3 is 2.59 bits per heavy atom. The molecule has 0 aliphatic rings. The molecule has 4 aromatic heterocycles. The first-order valence-corrected chi connectivity index (χ1v) is 9.89. The summed E-state index contributed by atoms with van der Waals surface area (Å²) in [7, 11) is 1.63. The van der Waals surface area contributed by atoms with Crippen LogP contribution in [0.3, 0.4) is 0 Å². The molecule has 0 fully saturated rings. The van der Waals surface area contributed by atoms with Crippen molar-refractivity contribution < 1.29 is 9.53 Å². The standard InChI is InChI=1S/C21H17N5O2S/c1-10-15(11(2)27)16(13-5-7-14(28-4)8-6-13)17-18-19(29-21(17)23-10)20-24-12(3)25-26(20)9-22-18/h5-9H,1-4H3. The topological polar surface area (TPSA) is 82.3 Å². The molecule has 29 heavy (non-hydrogen) atoms. The molecule has 0 aliphatic carbocycles. The number of nitrogens with zero attached hydrogens (tertiary/aromatic N) is 5. The molecule has 0 amide bonds. The van der Waals surface area contributed by atoms with Crippen LogP contribution < -0.4 is 4.74 Å². The van der Waals surface area contributed by atoms with E-state index in [0.717, 1.165) is 43.0 Å². The molecule has 0 bridgehead atoms. The number of thiophene rings is 1. The van der Waals surface area contributed by atoms with E-state index in [1.54, 1.807) is 24.9 Å². The molecule has 0 spiro atoms. The van der Waals surface area contributed by atoms with Crippen molar-refractivity contribution in [2.24, 2.45) is 0 Å². The Hall–Kier alpha value is -3.39. The molecule has 5 aromatic rings. The van der Waals surface area contributed by atoms with Crippen molar-refractivity contribution in [3.05, 3.63) is 47.7 Å². The summed E-state index contributed by atoms with van der Waals surface area (Å²) in [6, 6.07) is 7.71. The highest BCUT2D eigenvalue weighted by molar-refractivity contribution is 7.26. The van der Waals surface area contributed by atoms with Crippen molar-refractivity contribution in [2.75, 3.05) is 7.11 Å². The van der Waals surface area contributed by atoms with Gasteiger partial charge in [0.15, 0.2) is 11.4 Å². The van der Waals surface area contributed by atoms with Gasteiger partial charge in [0.1, 0.15) is 27.4 Å². The number of hydrogen-bond donors (Lipinski definition) is 0. The normalized spacial score (nSPS) is 11.6. The zero-order chi connectivity index (χ0) is 20.3. The Balaban J connectivity index is 1.97. The van der Waals surface area contributed by atoms with Crippen LogP contribution in [0, 0.1) is 13.8 Å². The van der Waals surface area contributed by atoms with E-state index >= 15 is 0 Å². The van der Waals surface area contributed by atoms with Crippen molar-refractivity contribution >= 4 is 43.2 Å². The third-order valence-electron chi connectivity index (χ3n) is 4.96. The molecule has 144 valence electrons. The van der Waals surface area contributed by atoms with Gasteiger partial charge < -0.3 is 4.74 Å². The van der Waals surface area contributed by atoms with Crippen molar-refractivity contribution in [3.8, 4) is 16.9 Å². The maximum atomic E-state index is 12.6. The molecule has 0 aliphatic heterocycles. The maximum absolute atomic E-state index is 12.6. The van der Waals surface area contributed by atoms with Crippen molar-refractivity contribution in [2.45, 2.75) is 20.8 Å². The smallest absolute Gasteiger partial charge is 0.176 e. The first kappa shape index (κ1) is 17.7. The Morgan fingerprint density at radius 2 is 1.90 bits per heavy atom. The minimum Gasteiger partial charge on any atom is -0.497 e. The van der Waals surface area contributed by atoms with E-state index in [0.29, 0.717) is 17.1 Å². The number of hydrogen-bond acceptors (Lipinski definition) is 7. The Bertz CT molecular complexity index is 1430. The molecular formula is C21H17N5O2S. The van der Waals surface area contributed by atoms with Crippen LogP contribution in [0.25, 0.3) is 37.2 Å². The lowest BCUT2D eigenvalue weighted by molar-refractivity contribution is 0.101.